The number of amides is 2. The second-order valence-electron chi connectivity index (χ2n) is 6.76. The van der Waals surface area contributed by atoms with Crippen LogP contribution in [0.1, 0.15) is 27.9 Å². The summed E-state index contributed by atoms with van der Waals surface area (Å²) >= 11 is 0. The molecule has 0 saturated carbocycles. The van der Waals surface area contributed by atoms with E-state index in [1.54, 1.807) is 0 Å². The summed E-state index contributed by atoms with van der Waals surface area (Å²) in [5, 5.41) is 25.6. The Hall–Kier alpha value is -3.88. The van der Waals surface area contributed by atoms with E-state index in [4.69, 9.17) is 10.2 Å². The lowest BCUT2D eigenvalue weighted by Gasteiger charge is -2.13. The number of hydrogen-bond acceptors (Lipinski definition) is 5. The van der Waals surface area contributed by atoms with Crippen LogP contribution in [0.3, 0.4) is 0 Å². The maximum atomic E-state index is 12.1. The van der Waals surface area contributed by atoms with Gasteiger partial charge in [0.2, 0.25) is 5.91 Å². The highest BCUT2D eigenvalue weighted by atomic mass is 16.4. The predicted octanol–water partition coefficient (Wildman–Crippen LogP) is 2.01. The Balaban J connectivity index is 1.91. The fourth-order valence-corrected chi connectivity index (χ4v) is 2.71. The summed E-state index contributed by atoms with van der Waals surface area (Å²) in [6, 6.07) is 10.1. The third-order valence-electron chi connectivity index (χ3n) is 4.23. The van der Waals surface area contributed by atoms with E-state index in [9.17, 15) is 19.2 Å². The first kappa shape index (κ1) is 22.4. The van der Waals surface area contributed by atoms with Crippen LogP contribution in [-0.2, 0) is 14.4 Å². The first-order chi connectivity index (χ1) is 14.2. The third kappa shape index (κ3) is 6.62. The van der Waals surface area contributed by atoms with Gasteiger partial charge in [0.25, 0.3) is 5.91 Å². The van der Waals surface area contributed by atoms with E-state index in [2.05, 4.69) is 16.0 Å². The molecule has 9 nitrogen and oxygen atoms in total. The molecule has 2 aromatic rings. The van der Waals surface area contributed by atoms with Crippen LogP contribution >= 0.6 is 0 Å². The Bertz CT molecular complexity index is 956. The molecule has 9 heteroatoms. The zero-order valence-corrected chi connectivity index (χ0v) is 16.6. The number of aryl methyl sites for hydroxylation is 2. The molecule has 0 aliphatic rings. The van der Waals surface area contributed by atoms with Crippen molar-refractivity contribution < 1.29 is 29.4 Å². The molecule has 0 fully saturated rings. The number of aliphatic carboxylic acids is 2. The molecule has 30 heavy (non-hydrogen) atoms. The topological polar surface area (TPSA) is 145 Å². The van der Waals surface area contributed by atoms with Gasteiger partial charge >= 0.3 is 11.9 Å². The van der Waals surface area contributed by atoms with Crippen molar-refractivity contribution in [3.8, 4) is 0 Å². The molecule has 5 N–H and O–H groups in total. The Morgan fingerprint density at radius 1 is 0.967 bits per heavy atom. The van der Waals surface area contributed by atoms with Crippen LogP contribution in [0, 0.1) is 13.8 Å². The van der Waals surface area contributed by atoms with Crippen molar-refractivity contribution in [2.45, 2.75) is 26.3 Å². The van der Waals surface area contributed by atoms with Gasteiger partial charge < -0.3 is 26.2 Å². The van der Waals surface area contributed by atoms with E-state index in [1.807, 2.05) is 32.0 Å². The number of carboxylic acids is 2. The molecule has 2 aromatic carbocycles. The lowest BCUT2D eigenvalue weighted by molar-refractivity contribution is -0.145. The highest BCUT2D eigenvalue weighted by molar-refractivity contribution is 5.98. The Morgan fingerprint density at radius 3 is 2.20 bits per heavy atom. The lowest BCUT2D eigenvalue weighted by Crippen LogP contribution is -2.42. The molecule has 0 aliphatic carbocycles. The number of carbonyl (C=O) groups is 4. The Labute approximate surface area is 173 Å². The van der Waals surface area contributed by atoms with Crippen LogP contribution in [0.5, 0.6) is 0 Å². The quantitative estimate of drug-likeness (QED) is 0.423. The molecular formula is C21H23N3O6. The molecule has 0 radical (unpaired) electrons. The summed E-state index contributed by atoms with van der Waals surface area (Å²) < 4.78 is 0. The summed E-state index contributed by atoms with van der Waals surface area (Å²) in [5.41, 5.74) is 3.61. The van der Waals surface area contributed by atoms with Crippen molar-refractivity contribution in [2.75, 3.05) is 17.2 Å². The minimum absolute atomic E-state index is 0.0572. The van der Waals surface area contributed by atoms with Gasteiger partial charge in [-0.3, -0.25) is 14.4 Å². The number of anilines is 2. The minimum Gasteiger partial charge on any atom is -0.481 e. The van der Waals surface area contributed by atoms with Crippen molar-refractivity contribution >= 4 is 35.1 Å². The van der Waals surface area contributed by atoms with Gasteiger partial charge in [-0.1, -0.05) is 17.7 Å². The molecule has 2 rings (SSSR count). The van der Waals surface area contributed by atoms with E-state index in [-0.39, 0.29) is 18.0 Å². The number of benzene rings is 2. The third-order valence-corrected chi connectivity index (χ3v) is 4.23. The summed E-state index contributed by atoms with van der Waals surface area (Å²) in [4.78, 5) is 46.0. The van der Waals surface area contributed by atoms with E-state index in [1.165, 1.54) is 24.3 Å². The van der Waals surface area contributed by atoms with Gasteiger partial charge in [-0.15, -0.1) is 0 Å². The monoisotopic (exact) mass is 413 g/mol. The fourth-order valence-electron chi connectivity index (χ4n) is 2.71. The predicted molar refractivity (Wildman–Crippen MR) is 111 cm³/mol. The summed E-state index contributed by atoms with van der Waals surface area (Å²) in [6.45, 7) is 3.99. The Morgan fingerprint density at radius 2 is 1.63 bits per heavy atom. The molecule has 2 amide bonds. The average molecular weight is 413 g/mol. The number of carbonyl (C=O) groups excluding carboxylic acids is 2. The van der Waals surface area contributed by atoms with Crippen molar-refractivity contribution in [1.82, 2.24) is 5.32 Å². The summed E-state index contributed by atoms with van der Waals surface area (Å²) in [6.07, 6.45) is -0.733. The summed E-state index contributed by atoms with van der Waals surface area (Å²) in [5.74, 6) is -3.78. The normalized spacial score (nSPS) is 11.3. The zero-order valence-electron chi connectivity index (χ0n) is 16.6. The summed E-state index contributed by atoms with van der Waals surface area (Å²) in [7, 11) is 0. The molecule has 0 bridgehead atoms. The van der Waals surface area contributed by atoms with Crippen molar-refractivity contribution in [1.29, 1.82) is 0 Å². The van der Waals surface area contributed by atoms with Crippen LogP contribution in [0.2, 0.25) is 0 Å². The van der Waals surface area contributed by atoms with Crippen LogP contribution in [0.25, 0.3) is 0 Å². The van der Waals surface area contributed by atoms with E-state index >= 15 is 0 Å². The van der Waals surface area contributed by atoms with Crippen LogP contribution in [0.15, 0.2) is 42.5 Å². The van der Waals surface area contributed by atoms with Crippen LogP contribution in [-0.4, -0.2) is 46.6 Å². The maximum absolute atomic E-state index is 12.1. The molecule has 1 atom stereocenters. The zero-order chi connectivity index (χ0) is 22.3. The van der Waals surface area contributed by atoms with Gasteiger partial charge in [-0.25, -0.2) is 4.79 Å². The number of carboxylic acid groups (broad SMARTS) is 2. The average Bonchev–Trinajstić information content (AvgIpc) is 2.67. The second-order valence-corrected chi connectivity index (χ2v) is 6.76. The first-order valence-electron chi connectivity index (χ1n) is 9.12. The first-order valence-corrected chi connectivity index (χ1v) is 9.12. The standard InChI is InChI=1S/C21H23N3O6/c1-12-3-8-16(13(2)9-12)22-11-18(25)23-15-6-4-14(5-7-15)20(28)24-17(21(29)30)10-19(26)27/h3-9,17,22H,10-11H2,1-2H3,(H,23,25)(H,24,28)(H,26,27)(H,29,30). The van der Waals surface area contributed by atoms with Gasteiger partial charge in [0, 0.05) is 16.9 Å². The van der Waals surface area contributed by atoms with Crippen LogP contribution < -0.4 is 16.0 Å². The van der Waals surface area contributed by atoms with Gasteiger partial charge in [0.15, 0.2) is 0 Å². The molecule has 0 aliphatic heterocycles. The molecular weight excluding hydrogens is 390 g/mol. The second kappa shape index (κ2) is 10.1. The number of hydrogen-bond donors (Lipinski definition) is 5. The molecule has 0 saturated heterocycles. The lowest BCUT2D eigenvalue weighted by atomic mass is 10.1. The minimum atomic E-state index is -1.54. The number of rotatable bonds is 9. The fraction of sp³-hybridized carbons (Fsp3) is 0.238. The molecule has 0 aromatic heterocycles. The van der Waals surface area contributed by atoms with Gasteiger partial charge in [-0.05, 0) is 49.7 Å². The molecule has 0 spiro atoms. The van der Waals surface area contributed by atoms with Crippen LogP contribution in [0.4, 0.5) is 11.4 Å². The van der Waals surface area contributed by atoms with Crippen molar-refractivity contribution in [3.63, 3.8) is 0 Å². The highest BCUT2D eigenvalue weighted by Crippen LogP contribution is 2.16. The number of nitrogens with one attached hydrogen (secondary N) is 3. The molecule has 1 unspecified atom stereocenters. The largest absolute Gasteiger partial charge is 0.481 e. The Kier molecular flexibility index (Phi) is 7.51. The van der Waals surface area contributed by atoms with E-state index < -0.39 is 30.3 Å². The van der Waals surface area contributed by atoms with E-state index in [0.29, 0.717) is 5.69 Å². The van der Waals surface area contributed by atoms with Crippen molar-refractivity contribution in [2.24, 2.45) is 0 Å². The van der Waals surface area contributed by atoms with Gasteiger partial charge in [-0.2, -0.15) is 0 Å². The van der Waals surface area contributed by atoms with E-state index in [0.717, 1.165) is 16.8 Å². The smallest absolute Gasteiger partial charge is 0.326 e. The highest BCUT2D eigenvalue weighted by Gasteiger charge is 2.23. The van der Waals surface area contributed by atoms with Gasteiger partial charge in [0.1, 0.15) is 6.04 Å². The maximum Gasteiger partial charge on any atom is 0.326 e. The van der Waals surface area contributed by atoms with Gasteiger partial charge in [0.05, 0.1) is 13.0 Å². The molecule has 0 heterocycles. The SMILES string of the molecule is Cc1ccc(NCC(=O)Nc2ccc(C(=O)NC(CC(=O)O)C(=O)O)cc2)c(C)c1. The van der Waals surface area contributed by atoms with Crippen molar-refractivity contribution in [3.05, 3.63) is 59.2 Å². The molecule has 158 valence electrons.